The monoisotopic (exact) mass is 391 g/mol. The van der Waals surface area contributed by atoms with E-state index in [1.165, 1.54) is 9.13 Å². The summed E-state index contributed by atoms with van der Waals surface area (Å²) in [6, 6.07) is 8.76. The molecule has 2 heterocycles. The number of carbonyl (C=O) groups is 2. The standard InChI is InChI=1S/C15H14BrN5O3/c1-20-11-4-2-3-5-12(11)21(15(20)24)8-13(22)18-19-14(23)10-6-9(16)7-17-10/h2-7,17H,8H2,1H3,(H,18,22)(H,19,23). The average molecular weight is 392 g/mol. The van der Waals surface area contributed by atoms with E-state index in [-0.39, 0.29) is 12.2 Å². The number of rotatable bonds is 3. The van der Waals surface area contributed by atoms with Crippen LogP contribution in [0.1, 0.15) is 10.5 Å². The van der Waals surface area contributed by atoms with Crippen molar-refractivity contribution in [3.63, 3.8) is 0 Å². The summed E-state index contributed by atoms with van der Waals surface area (Å²) in [4.78, 5) is 38.9. The highest BCUT2D eigenvalue weighted by atomic mass is 79.9. The third-order valence-corrected chi connectivity index (χ3v) is 4.02. The Balaban J connectivity index is 1.71. The van der Waals surface area contributed by atoms with Gasteiger partial charge in [-0.3, -0.25) is 29.6 Å². The van der Waals surface area contributed by atoms with Crippen LogP contribution in [0.2, 0.25) is 0 Å². The zero-order valence-electron chi connectivity index (χ0n) is 12.7. The molecule has 9 heteroatoms. The summed E-state index contributed by atoms with van der Waals surface area (Å²) in [5.41, 5.74) is 5.97. The maximum absolute atomic E-state index is 12.2. The Morgan fingerprint density at radius 1 is 1.21 bits per heavy atom. The highest BCUT2D eigenvalue weighted by molar-refractivity contribution is 9.10. The number of nitrogens with zero attached hydrogens (tertiary/aromatic N) is 2. The SMILES string of the molecule is Cn1c(=O)n(CC(=O)NNC(=O)c2cc(Br)c[nH]2)c2ccccc21. The number of aromatic amines is 1. The number of halogens is 1. The number of nitrogens with one attached hydrogen (secondary N) is 3. The van der Waals surface area contributed by atoms with Gasteiger partial charge in [0, 0.05) is 17.7 Å². The zero-order chi connectivity index (χ0) is 17.3. The Kier molecular flexibility index (Phi) is 4.26. The lowest BCUT2D eigenvalue weighted by molar-refractivity contribution is -0.122. The summed E-state index contributed by atoms with van der Waals surface area (Å²) in [6.07, 6.45) is 1.60. The van der Waals surface area contributed by atoms with Gasteiger partial charge in [-0.05, 0) is 34.1 Å². The van der Waals surface area contributed by atoms with Crippen molar-refractivity contribution in [1.82, 2.24) is 25.0 Å². The molecule has 0 spiro atoms. The largest absolute Gasteiger partial charge is 0.356 e. The molecular weight excluding hydrogens is 378 g/mol. The number of carbonyl (C=O) groups excluding carboxylic acids is 2. The van der Waals surface area contributed by atoms with Gasteiger partial charge >= 0.3 is 5.69 Å². The highest BCUT2D eigenvalue weighted by Crippen LogP contribution is 2.11. The van der Waals surface area contributed by atoms with Crippen LogP contribution in [-0.4, -0.2) is 25.9 Å². The molecular formula is C15H14BrN5O3. The van der Waals surface area contributed by atoms with Crippen molar-refractivity contribution in [2.75, 3.05) is 0 Å². The molecule has 8 nitrogen and oxygen atoms in total. The minimum atomic E-state index is -0.507. The Morgan fingerprint density at radius 3 is 2.58 bits per heavy atom. The van der Waals surface area contributed by atoms with Crippen LogP contribution in [0.25, 0.3) is 11.0 Å². The van der Waals surface area contributed by atoms with Gasteiger partial charge in [0.1, 0.15) is 12.2 Å². The number of benzene rings is 1. The second kappa shape index (κ2) is 6.36. The van der Waals surface area contributed by atoms with E-state index < -0.39 is 11.8 Å². The lowest BCUT2D eigenvalue weighted by Crippen LogP contribution is -2.44. The molecule has 2 aromatic heterocycles. The summed E-state index contributed by atoms with van der Waals surface area (Å²) in [5, 5.41) is 0. The van der Waals surface area contributed by atoms with Crippen LogP contribution in [0.4, 0.5) is 0 Å². The van der Waals surface area contributed by atoms with Crippen LogP contribution < -0.4 is 16.5 Å². The van der Waals surface area contributed by atoms with Crippen molar-refractivity contribution in [2.24, 2.45) is 7.05 Å². The minimum absolute atomic E-state index is 0.200. The van der Waals surface area contributed by atoms with Crippen LogP contribution in [-0.2, 0) is 18.4 Å². The number of amides is 2. The van der Waals surface area contributed by atoms with Crippen molar-refractivity contribution in [1.29, 1.82) is 0 Å². The van der Waals surface area contributed by atoms with Crippen molar-refractivity contribution in [3.05, 3.63) is 57.2 Å². The highest BCUT2D eigenvalue weighted by Gasteiger charge is 2.14. The second-order valence-electron chi connectivity index (χ2n) is 5.15. The van der Waals surface area contributed by atoms with E-state index in [1.54, 1.807) is 37.5 Å². The lowest BCUT2D eigenvalue weighted by atomic mass is 10.3. The Morgan fingerprint density at radius 2 is 1.92 bits per heavy atom. The van der Waals surface area contributed by atoms with Crippen LogP contribution >= 0.6 is 15.9 Å². The molecule has 0 atom stereocenters. The first-order valence-electron chi connectivity index (χ1n) is 7.04. The number of aromatic nitrogens is 3. The molecule has 1 aromatic carbocycles. The third kappa shape index (κ3) is 2.98. The Labute approximate surface area is 144 Å². The molecule has 0 aliphatic carbocycles. The second-order valence-corrected chi connectivity index (χ2v) is 6.07. The minimum Gasteiger partial charge on any atom is -0.356 e. The zero-order valence-corrected chi connectivity index (χ0v) is 14.3. The number of hydrazine groups is 1. The fraction of sp³-hybridized carbons (Fsp3) is 0.133. The smallest absolute Gasteiger partial charge is 0.329 e. The Hall–Kier alpha value is -2.81. The summed E-state index contributed by atoms with van der Waals surface area (Å²) in [7, 11) is 1.64. The van der Waals surface area contributed by atoms with Crippen LogP contribution in [0, 0.1) is 0 Å². The predicted molar refractivity (Wildman–Crippen MR) is 91.3 cm³/mol. The van der Waals surface area contributed by atoms with Gasteiger partial charge < -0.3 is 4.98 Å². The lowest BCUT2D eigenvalue weighted by Gasteiger charge is -2.07. The number of hydrogen-bond acceptors (Lipinski definition) is 3. The average Bonchev–Trinajstić information content (AvgIpc) is 3.11. The molecule has 124 valence electrons. The van der Waals surface area contributed by atoms with Gasteiger partial charge in [0.25, 0.3) is 11.8 Å². The van der Waals surface area contributed by atoms with Gasteiger partial charge in [0.2, 0.25) is 0 Å². The number of para-hydroxylation sites is 2. The third-order valence-electron chi connectivity index (χ3n) is 3.56. The van der Waals surface area contributed by atoms with Crippen molar-refractivity contribution in [2.45, 2.75) is 6.54 Å². The molecule has 0 saturated heterocycles. The Bertz CT molecular complexity index is 985. The maximum atomic E-state index is 12.2. The number of imidazole rings is 1. The van der Waals surface area contributed by atoms with E-state index in [9.17, 15) is 14.4 Å². The van der Waals surface area contributed by atoms with Crippen LogP contribution in [0.15, 0.2) is 45.8 Å². The summed E-state index contributed by atoms with van der Waals surface area (Å²) in [5.74, 6) is -0.994. The van der Waals surface area contributed by atoms with Gasteiger partial charge in [-0.25, -0.2) is 4.79 Å². The van der Waals surface area contributed by atoms with E-state index in [2.05, 4.69) is 31.8 Å². The van der Waals surface area contributed by atoms with Gasteiger partial charge in [-0.1, -0.05) is 12.1 Å². The van der Waals surface area contributed by atoms with Gasteiger partial charge in [0.05, 0.1) is 11.0 Å². The van der Waals surface area contributed by atoms with Crippen molar-refractivity contribution >= 4 is 38.8 Å². The van der Waals surface area contributed by atoms with Crippen LogP contribution in [0.5, 0.6) is 0 Å². The van der Waals surface area contributed by atoms with Gasteiger partial charge in [0.15, 0.2) is 0 Å². The van der Waals surface area contributed by atoms with E-state index in [4.69, 9.17) is 0 Å². The van der Waals surface area contributed by atoms with E-state index >= 15 is 0 Å². The summed E-state index contributed by atoms with van der Waals surface area (Å²) >= 11 is 3.22. The first kappa shape index (κ1) is 16.1. The molecule has 24 heavy (non-hydrogen) atoms. The molecule has 3 aromatic rings. The van der Waals surface area contributed by atoms with Crippen molar-refractivity contribution < 1.29 is 9.59 Å². The fourth-order valence-electron chi connectivity index (χ4n) is 2.39. The normalized spacial score (nSPS) is 10.8. The van der Waals surface area contributed by atoms with E-state index in [0.29, 0.717) is 11.2 Å². The molecule has 0 aliphatic heterocycles. The van der Waals surface area contributed by atoms with Gasteiger partial charge in [-0.15, -0.1) is 0 Å². The molecule has 0 fully saturated rings. The molecule has 3 rings (SSSR count). The van der Waals surface area contributed by atoms with Crippen LogP contribution in [0.3, 0.4) is 0 Å². The fourth-order valence-corrected chi connectivity index (χ4v) is 2.74. The topological polar surface area (TPSA) is 101 Å². The maximum Gasteiger partial charge on any atom is 0.329 e. The van der Waals surface area contributed by atoms with Gasteiger partial charge in [-0.2, -0.15) is 0 Å². The quantitative estimate of drug-likeness (QED) is 0.577. The van der Waals surface area contributed by atoms with Crippen molar-refractivity contribution in [3.8, 4) is 0 Å². The molecule has 0 unspecified atom stereocenters. The first-order valence-corrected chi connectivity index (χ1v) is 7.84. The molecule has 3 N–H and O–H groups in total. The number of aryl methyl sites for hydroxylation is 1. The van der Waals surface area contributed by atoms with E-state index in [1.807, 2.05) is 6.07 Å². The molecule has 0 bridgehead atoms. The number of fused-ring (bicyclic) bond motifs is 1. The predicted octanol–water partition coefficient (Wildman–Crippen LogP) is 0.892. The summed E-state index contributed by atoms with van der Waals surface area (Å²) in [6.45, 7) is -0.200. The molecule has 0 radical (unpaired) electrons. The van der Waals surface area contributed by atoms with E-state index in [0.717, 1.165) is 9.99 Å². The summed E-state index contributed by atoms with van der Waals surface area (Å²) < 4.78 is 3.54. The number of hydrogen-bond donors (Lipinski definition) is 3. The molecule has 2 amide bonds. The first-order chi connectivity index (χ1) is 11.5. The number of H-pyrrole nitrogens is 1. The molecule has 0 saturated carbocycles. The molecule has 0 aliphatic rings.